The lowest BCUT2D eigenvalue weighted by atomic mass is 10.3. The highest BCUT2D eigenvalue weighted by Gasteiger charge is 2.12. The number of hydrogen-bond donors (Lipinski definition) is 2. The van der Waals surface area contributed by atoms with E-state index in [4.69, 9.17) is 16.3 Å². The number of alkyl halides is 1. The predicted molar refractivity (Wildman–Crippen MR) is 74.6 cm³/mol. The van der Waals surface area contributed by atoms with Crippen molar-refractivity contribution in [1.82, 2.24) is 5.32 Å². The molecule has 6 heteroatoms. The molecule has 0 aromatic heterocycles. The molecule has 5 nitrogen and oxygen atoms in total. The zero-order chi connectivity index (χ0) is 14.1. The Balaban J connectivity index is 2.45. The first-order chi connectivity index (χ1) is 9.17. The summed E-state index contributed by atoms with van der Waals surface area (Å²) in [7, 11) is 0. The fourth-order valence-corrected chi connectivity index (χ4v) is 1.47. The van der Waals surface area contributed by atoms with Crippen LogP contribution >= 0.6 is 11.6 Å². The second-order valence-electron chi connectivity index (χ2n) is 3.71. The maximum absolute atomic E-state index is 11.5. The van der Waals surface area contributed by atoms with Crippen LogP contribution in [-0.4, -0.2) is 30.8 Å². The van der Waals surface area contributed by atoms with E-state index in [0.29, 0.717) is 36.9 Å². The third-order valence-electron chi connectivity index (χ3n) is 2.23. The molecule has 104 valence electrons. The van der Waals surface area contributed by atoms with E-state index in [1.165, 1.54) is 0 Å². The molecule has 0 aliphatic carbocycles. The number of nitrogens with one attached hydrogen (secondary N) is 2. The first-order valence-corrected chi connectivity index (χ1v) is 6.58. The van der Waals surface area contributed by atoms with Crippen molar-refractivity contribution in [3.8, 4) is 5.75 Å². The summed E-state index contributed by atoms with van der Waals surface area (Å²) in [6, 6.07) is 6.80. The molecule has 1 aromatic rings. The van der Waals surface area contributed by atoms with E-state index in [2.05, 4.69) is 10.6 Å². The SMILES string of the molecule is CCOc1ccc(NC(=O)C(=O)NCCCCl)cc1. The molecule has 0 fully saturated rings. The lowest BCUT2D eigenvalue weighted by Gasteiger charge is -2.07. The van der Waals surface area contributed by atoms with Crippen LogP contribution in [-0.2, 0) is 9.59 Å². The highest BCUT2D eigenvalue weighted by Crippen LogP contribution is 2.15. The maximum Gasteiger partial charge on any atom is 0.313 e. The predicted octanol–water partition coefficient (Wildman–Crippen LogP) is 1.77. The van der Waals surface area contributed by atoms with Crippen molar-refractivity contribution in [1.29, 1.82) is 0 Å². The molecule has 0 atom stereocenters. The minimum absolute atomic E-state index is 0.388. The van der Waals surface area contributed by atoms with E-state index >= 15 is 0 Å². The van der Waals surface area contributed by atoms with Crippen LogP contribution in [0.25, 0.3) is 0 Å². The number of anilines is 1. The normalized spacial score (nSPS) is 9.79. The van der Waals surface area contributed by atoms with E-state index in [9.17, 15) is 9.59 Å². The number of carbonyl (C=O) groups is 2. The molecule has 2 N–H and O–H groups in total. The monoisotopic (exact) mass is 284 g/mol. The summed E-state index contributed by atoms with van der Waals surface area (Å²) in [4.78, 5) is 22.9. The topological polar surface area (TPSA) is 67.4 Å². The molecule has 0 saturated heterocycles. The molecular weight excluding hydrogens is 268 g/mol. The molecule has 0 spiro atoms. The zero-order valence-electron chi connectivity index (χ0n) is 10.7. The van der Waals surface area contributed by atoms with Gasteiger partial charge >= 0.3 is 11.8 Å². The van der Waals surface area contributed by atoms with E-state index in [0.717, 1.165) is 0 Å². The van der Waals surface area contributed by atoms with Gasteiger partial charge in [-0.25, -0.2) is 0 Å². The van der Waals surface area contributed by atoms with Gasteiger partial charge in [0.05, 0.1) is 6.61 Å². The van der Waals surface area contributed by atoms with Gasteiger partial charge in [-0.15, -0.1) is 11.6 Å². The lowest BCUT2D eigenvalue weighted by Crippen LogP contribution is -2.36. The van der Waals surface area contributed by atoms with Gasteiger partial charge in [0.1, 0.15) is 5.75 Å². The van der Waals surface area contributed by atoms with Gasteiger partial charge in [0.2, 0.25) is 0 Å². The number of hydrogen-bond acceptors (Lipinski definition) is 3. The van der Waals surface area contributed by atoms with Crippen molar-refractivity contribution in [2.75, 3.05) is 24.3 Å². The second-order valence-corrected chi connectivity index (χ2v) is 4.09. The summed E-state index contributed by atoms with van der Waals surface area (Å²) < 4.78 is 5.27. The third-order valence-corrected chi connectivity index (χ3v) is 2.49. The van der Waals surface area contributed by atoms with Crippen LogP contribution in [0.15, 0.2) is 24.3 Å². The molecule has 1 aromatic carbocycles. The molecule has 0 aliphatic rings. The fraction of sp³-hybridized carbons (Fsp3) is 0.385. The van der Waals surface area contributed by atoms with Gasteiger partial charge in [-0.3, -0.25) is 9.59 Å². The Hall–Kier alpha value is -1.75. The number of halogens is 1. The number of rotatable bonds is 6. The van der Waals surface area contributed by atoms with Crippen molar-refractivity contribution in [2.45, 2.75) is 13.3 Å². The van der Waals surface area contributed by atoms with Crippen molar-refractivity contribution in [3.05, 3.63) is 24.3 Å². The Morgan fingerprint density at radius 3 is 2.47 bits per heavy atom. The van der Waals surface area contributed by atoms with Crippen molar-refractivity contribution >= 4 is 29.1 Å². The van der Waals surface area contributed by atoms with Crippen LogP contribution in [0, 0.1) is 0 Å². The Morgan fingerprint density at radius 1 is 1.21 bits per heavy atom. The summed E-state index contributed by atoms with van der Waals surface area (Å²) in [5, 5.41) is 4.97. The highest BCUT2D eigenvalue weighted by atomic mass is 35.5. The highest BCUT2D eigenvalue weighted by molar-refractivity contribution is 6.39. The van der Waals surface area contributed by atoms with Gasteiger partial charge in [0, 0.05) is 18.1 Å². The smallest absolute Gasteiger partial charge is 0.313 e. The molecule has 19 heavy (non-hydrogen) atoms. The van der Waals surface area contributed by atoms with Crippen LogP contribution < -0.4 is 15.4 Å². The number of ether oxygens (including phenoxy) is 1. The molecule has 2 amide bonds. The molecule has 0 heterocycles. The Labute approximate surface area is 117 Å². The van der Waals surface area contributed by atoms with Gasteiger partial charge in [0.15, 0.2) is 0 Å². The quantitative estimate of drug-likeness (QED) is 0.475. The summed E-state index contributed by atoms with van der Waals surface area (Å²) in [6.07, 6.45) is 0.629. The molecule has 0 bridgehead atoms. The van der Waals surface area contributed by atoms with Gasteiger partial charge in [-0.05, 0) is 37.6 Å². The Bertz CT molecular complexity index is 420. The van der Waals surface area contributed by atoms with Crippen LogP contribution in [0.5, 0.6) is 5.75 Å². The Kier molecular flexibility index (Phi) is 6.74. The average Bonchev–Trinajstić information content (AvgIpc) is 2.41. The van der Waals surface area contributed by atoms with Crippen LogP contribution in [0.3, 0.4) is 0 Å². The summed E-state index contributed by atoms with van der Waals surface area (Å²) in [5.74, 6) is -0.203. The van der Waals surface area contributed by atoms with Gasteiger partial charge < -0.3 is 15.4 Å². The molecular formula is C13H17ClN2O3. The summed E-state index contributed by atoms with van der Waals surface area (Å²) in [6.45, 7) is 2.86. The molecule has 0 saturated carbocycles. The van der Waals surface area contributed by atoms with Crippen LogP contribution in [0.4, 0.5) is 5.69 Å². The van der Waals surface area contributed by atoms with Crippen LogP contribution in [0.2, 0.25) is 0 Å². The summed E-state index contributed by atoms with van der Waals surface area (Å²) >= 11 is 5.47. The van der Waals surface area contributed by atoms with Crippen molar-refractivity contribution < 1.29 is 14.3 Å². The number of carbonyl (C=O) groups excluding carboxylic acids is 2. The third kappa shape index (κ3) is 5.61. The summed E-state index contributed by atoms with van der Waals surface area (Å²) in [5.41, 5.74) is 0.543. The van der Waals surface area contributed by atoms with Gasteiger partial charge in [0.25, 0.3) is 0 Å². The molecule has 0 radical (unpaired) electrons. The number of amides is 2. The minimum Gasteiger partial charge on any atom is -0.494 e. The van der Waals surface area contributed by atoms with Gasteiger partial charge in [-0.2, -0.15) is 0 Å². The standard InChI is InChI=1S/C13H17ClN2O3/c1-2-19-11-6-4-10(5-7-11)16-13(18)12(17)15-9-3-8-14/h4-7H,2-3,8-9H2,1H3,(H,15,17)(H,16,18). The largest absolute Gasteiger partial charge is 0.494 e. The first kappa shape index (κ1) is 15.3. The van der Waals surface area contributed by atoms with Crippen LogP contribution in [0.1, 0.15) is 13.3 Å². The molecule has 1 rings (SSSR count). The first-order valence-electron chi connectivity index (χ1n) is 6.05. The second kappa shape index (κ2) is 8.37. The van der Waals surface area contributed by atoms with E-state index < -0.39 is 11.8 Å². The van der Waals surface area contributed by atoms with E-state index in [-0.39, 0.29) is 0 Å². The van der Waals surface area contributed by atoms with E-state index in [1.807, 2.05) is 6.92 Å². The van der Waals surface area contributed by atoms with Crippen molar-refractivity contribution in [2.24, 2.45) is 0 Å². The Morgan fingerprint density at radius 2 is 1.89 bits per heavy atom. The fourth-order valence-electron chi connectivity index (χ4n) is 1.34. The molecule has 0 unspecified atom stereocenters. The minimum atomic E-state index is -0.696. The molecule has 0 aliphatic heterocycles. The van der Waals surface area contributed by atoms with Gasteiger partial charge in [-0.1, -0.05) is 0 Å². The average molecular weight is 285 g/mol. The van der Waals surface area contributed by atoms with Crippen molar-refractivity contribution in [3.63, 3.8) is 0 Å². The lowest BCUT2D eigenvalue weighted by molar-refractivity contribution is -0.136. The number of benzene rings is 1. The zero-order valence-corrected chi connectivity index (χ0v) is 11.5. The van der Waals surface area contributed by atoms with E-state index in [1.54, 1.807) is 24.3 Å². The maximum atomic E-state index is 11.5.